The molecule has 0 saturated carbocycles. The van der Waals surface area contributed by atoms with Gasteiger partial charge in [0, 0.05) is 17.6 Å². The molecule has 4 heteroatoms. The number of benzene rings is 2. The van der Waals surface area contributed by atoms with Gasteiger partial charge in [-0.2, -0.15) is 0 Å². The lowest BCUT2D eigenvalue weighted by molar-refractivity contribution is 0.649. The molecule has 21 heavy (non-hydrogen) atoms. The van der Waals surface area contributed by atoms with E-state index < -0.39 is 0 Å². The van der Waals surface area contributed by atoms with Gasteiger partial charge in [0.1, 0.15) is 5.52 Å². The average Bonchev–Trinajstić information content (AvgIpc) is 3.16. The second kappa shape index (κ2) is 4.90. The number of fused-ring (bicyclic) bond motifs is 1. The summed E-state index contributed by atoms with van der Waals surface area (Å²) >= 11 is 0. The number of rotatable bonds is 3. The highest BCUT2D eigenvalue weighted by Crippen LogP contribution is 2.16. The van der Waals surface area contributed by atoms with Crippen LogP contribution in [0.1, 0.15) is 5.69 Å². The third-order valence-electron chi connectivity index (χ3n) is 3.60. The first-order valence-electron chi connectivity index (χ1n) is 6.92. The van der Waals surface area contributed by atoms with Crippen molar-refractivity contribution in [1.29, 1.82) is 0 Å². The quantitative estimate of drug-likeness (QED) is 0.575. The molecule has 4 rings (SSSR count). The van der Waals surface area contributed by atoms with Crippen LogP contribution in [0.5, 0.6) is 0 Å². The van der Waals surface area contributed by atoms with Crippen LogP contribution >= 0.6 is 0 Å². The third-order valence-corrected chi connectivity index (χ3v) is 3.60. The van der Waals surface area contributed by atoms with Gasteiger partial charge >= 0.3 is 0 Å². The van der Waals surface area contributed by atoms with Crippen molar-refractivity contribution in [2.75, 3.05) is 0 Å². The van der Waals surface area contributed by atoms with Gasteiger partial charge in [0.05, 0.1) is 12.1 Å². The lowest BCUT2D eigenvalue weighted by atomic mass is 10.3. The first kappa shape index (κ1) is 11.9. The van der Waals surface area contributed by atoms with Gasteiger partial charge in [-0.15, -0.1) is 5.10 Å². The van der Waals surface area contributed by atoms with Gasteiger partial charge in [-0.3, -0.25) is 0 Å². The number of hydrogen-bond acceptors (Lipinski definition) is 2. The molecule has 0 aliphatic carbocycles. The minimum atomic E-state index is 0.697. The molecule has 0 saturated heterocycles. The highest BCUT2D eigenvalue weighted by Gasteiger charge is 2.08. The van der Waals surface area contributed by atoms with Crippen LogP contribution in [0.3, 0.4) is 0 Å². The van der Waals surface area contributed by atoms with Crippen LogP contribution in [0.15, 0.2) is 72.9 Å². The monoisotopic (exact) mass is 274 g/mol. The standard InChI is InChI=1S/C17H14N4/c1-2-7-14(8-3-1)20-12-6-9-15(20)13-21-17-11-5-4-10-16(17)18-19-21/h1-12H,13H2. The van der Waals surface area contributed by atoms with Crippen LogP contribution < -0.4 is 0 Å². The van der Waals surface area contributed by atoms with Crippen molar-refractivity contribution in [2.45, 2.75) is 6.54 Å². The summed E-state index contributed by atoms with van der Waals surface area (Å²) in [6.45, 7) is 0.697. The van der Waals surface area contributed by atoms with Gasteiger partial charge < -0.3 is 4.57 Å². The molecule has 102 valence electrons. The SMILES string of the molecule is c1ccc(-n2cccc2Cn2nnc3ccccc32)cc1. The fourth-order valence-corrected chi connectivity index (χ4v) is 2.57. The molecule has 2 heterocycles. The highest BCUT2D eigenvalue weighted by atomic mass is 15.4. The summed E-state index contributed by atoms with van der Waals surface area (Å²) in [5, 5.41) is 8.46. The van der Waals surface area contributed by atoms with Crippen LogP contribution in [-0.4, -0.2) is 19.6 Å². The molecule has 0 atom stereocenters. The lowest BCUT2D eigenvalue weighted by Gasteiger charge is -2.09. The van der Waals surface area contributed by atoms with Gasteiger partial charge in [0.2, 0.25) is 0 Å². The van der Waals surface area contributed by atoms with Gasteiger partial charge in [-0.25, -0.2) is 4.68 Å². The second-order valence-corrected chi connectivity index (χ2v) is 4.94. The van der Waals surface area contributed by atoms with Crippen LogP contribution in [0.4, 0.5) is 0 Å². The molecule has 0 N–H and O–H groups in total. The Bertz CT molecular complexity index is 874. The number of hydrogen-bond donors (Lipinski definition) is 0. The van der Waals surface area contributed by atoms with E-state index in [9.17, 15) is 0 Å². The highest BCUT2D eigenvalue weighted by molar-refractivity contribution is 5.73. The van der Waals surface area contributed by atoms with E-state index in [1.807, 2.05) is 47.1 Å². The van der Waals surface area contributed by atoms with E-state index in [1.54, 1.807) is 0 Å². The predicted molar refractivity (Wildman–Crippen MR) is 82.4 cm³/mol. The van der Waals surface area contributed by atoms with Crippen LogP contribution in [0.2, 0.25) is 0 Å². The molecule has 0 unspecified atom stereocenters. The normalized spacial score (nSPS) is 11.0. The molecule has 0 fully saturated rings. The summed E-state index contributed by atoms with van der Waals surface area (Å²) in [5.74, 6) is 0. The summed E-state index contributed by atoms with van der Waals surface area (Å²) in [5.41, 5.74) is 4.31. The van der Waals surface area contributed by atoms with E-state index in [-0.39, 0.29) is 0 Å². The Labute approximate surface area is 122 Å². The molecule has 0 bridgehead atoms. The fraction of sp³-hybridized carbons (Fsp3) is 0.0588. The molecule has 4 nitrogen and oxygen atoms in total. The van der Waals surface area contributed by atoms with Crippen LogP contribution in [0.25, 0.3) is 16.7 Å². The van der Waals surface area contributed by atoms with Crippen LogP contribution in [0, 0.1) is 0 Å². The van der Waals surface area contributed by atoms with Gasteiger partial charge in [-0.1, -0.05) is 35.5 Å². The van der Waals surface area contributed by atoms with Gasteiger partial charge in [-0.05, 0) is 36.4 Å². The Morgan fingerprint density at radius 3 is 2.52 bits per heavy atom. The number of nitrogens with zero attached hydrogens (tertiary/aromatic N) is 4. The Hall–Kier alpha value is -2.88. The van der Waals surface area contributed by atoms with Gasteiger partial charge in [0.15, 0.2) is 0 Å². The predicted octanol–water partition coefficient (Wildman–Crippen LogP) is 3.27. The number of aromatic nitrogens is 4. The summed E-state index contributed by atoms with van der Waals surface area (Å²) in [7, 11) is 0. The van der Waals surface area contributed by atoms with Gasteiger partial charge in [0.25, 0.3) is 0 Å². The summed E-state index contributed by atoms with van der Waals surface area (Å²) in [4.78, 5) is 0. The first-order valence-corrected chi connectivity index (χ1v) is 6.92. The maximum atomic E-state index is 4.26. The molecule has 0 aliphatic heterocycles. The van der Waals surface area contributed by atoms with E-state index in [2.05, 4.69) is 45.3 Å². The van der Waals surface area contributed by atoms with Crippen molar-refractivity contribution in [2.24, 2.45) is 0 Å². The minimum Gasteiger partial charge on any atom is -0.319 e. The molecular weight excluding hydrogens is 260 g/mol. The zero-order chi connectivity index (χ0) is 14.1. The maximum Gasteiger partial charge on any atom is 0.113 e. The smallest absolute Gasteiger partial charge is 0.113 e. The molecule has 4 aromatic rings. The number of para-hydroxylation sites is 2. The Balaban J connectivity index is 1.74. The largest absolute Gasteiger partial charge is 0.319 e. The molecular formula is C17H14N4. The van der Waals surface area contributed by atoms with Crippen LogP contribution in [-0.2, 0) is 6.54 Å². The molecule has 2 aromatic heterocycles. The van der Waals surface area contributed by atoms with Crippen molar-refractivity contribution in [1.82, 2.24) is 19.6 Å². The third kappa shape index (κ3) is 2.10. The van der Waals surface area contributed by atoms with E-state index >= 15 is 0 Å². The summed E-state index contributed by atoms with van der Waals surface area (Å²) < 4.78 is 4.11. The molecule has 2 aromatic carbocycles. The Kier molecular flexibility index (Phi) is 2.78. The lowest BCUT2D eigenvalue weighted by Crippen LogP contribution is -2.07. The zero-order valence-electron chi connectivity index (χ0n) is 11.4. The molecule has 0 radical (unpaired) electrons. The van der Waals surface area contributed by atoms with Crippen molar-refractivity contribution in [3.8, 4) is 5.69 Å². The molecule has 0 aliphatic rings. The fourth-order valence-electron chi connectivity index (χ4n) is 2.57. The minimum absolute atomic E-state index is 0.697. The summed E-state index contributed by atoms with van der Waals surface area (Å²) in [6, 6.07) is 22.5. The van der Waals surface area contributed by atoms with Crippen molar-refractivity contribution >= 4 is 11.0 Å². The molecule has 0 amide bonds. The average molecular weight is 274 g/mol. The van der Waals surface area contributed by atoms with E-state index in [1.165, 1.54) is 5.69 Å². The summed E-state index contributed by atoms with van der Waals surface area (Å²) in [6.07, 6.45) is 2.07. The van der Waals surface area contributed by atoms with E-state index in [0.29, 0.717) is 6.54 Å². The Morgan fingerprint density at radius 1 is 0.810 bits per heavy atom. The zero-order valence-corrected chi connectivity index (χ0v) is 11.4. The van der Waals surface area contributed by atoms with Crippen molar-refractivity contribution < 1.29 is 0 Å². The van der Waals surface area contributed by atoms with E-state index in [0.717, 1.165) is 16.7 Å². The van der Waals surface area contributed by atoms with Crippen molar-refractivity contribution in [3.63, 3.8) is 0 Å². The van der Waals surface area contributed by atoms with E-state index in [4.69, 9.17) is 0 Å². The maximum absolute atomic E-state index is 4.26. The van der Waals surface area contributed by atoms with Crippen molar-refractivity contribution in [3.05, 3.63) is 78.6 Å². The second-order valence-electron chi connectivity index (χ2n) is 4.94. The topological polar surface area (TPSA) is 35.6 Å². The molecule has 0 spiro atoms. The Morgan fingerprint density at radius 2 is 1.62 bits per heavy atom. The first-order chi connectivity index (χ1) is 10.4.